The van der Waals surface area contributed by atoms with Gasteiger partial charge in [0.15, 0.2) is 0 Å². The van der Waals surface area contributed by atoms with Gasteiger partial charge >= 0.3 is 0 Å². The Kier molecular flexibility index (Phi) is 4.61. The molecule has 1 aromatic rings. The molecule has 2 fully saturated rings. The fraction of sp³-hybridized carbons (Fsp3) is 0.706. The minimum Gasteiger partial charge on any atom is -0.337 e. The summed E-state index contributed by atoms with van der Waals surface area (Å²) < 4.78 is 1.80. The molecule has 2 saturated heterocycles. The number of piperazine rings is 1. The van der Waals surface area contributed by atoms with Crippen LogP contribution in [-0.2, 0) is 18.4 Å². The SMILES string of the molecule is CC(C)N1CCN(CC#N)C2(CCN(Cc3cnn(C)c3)C2)C1=O. The van der Waals surface area contributed by atoms with Gasteiger partial charge < -0.3 is 4.90 Å². The van der Waals surface area contributed by atoms with Gasteiger partial charge in [0.05, 0.1) is 18.8 Å². The van der Waals surface area contributed by atoms with Crippen LogP contribution in [0.3, 0.4) is 0 Å². The number of nitriles is 1. The Hall–Kier alpha value is -1.91. The van der Waals surface area contributed by atoms with Crippen LogP contribution in [0.2, 0.25) is 0 Å². The molecule has 2 aliphatic rings. The topological polar surface area (TPSA) is 68.4 Å². The van der Waals surface area contributed by atoms with Gasteiger partial charge in [-0.05, 0) is 20.3 Å². The highest BCUT2D eigenvalue weighted by Gasteiger charge is 2.53. The maximum Gasteiger partial charge on any atom is 0.244 e. The summed E-state index contributed by atoms with van der Waals surface area (Å²) in [5.74, 6) is 0.188. The van der Waals surface area contributed by atoms with Gasteiger partial charge in [-0.2, -0.15) is 10.4 Å². The first kappa shape index (κ1) is 16.9. The number of nitrogens with zero attached hydrogens (tertiary/aromatic N) is 6. The van der Waals surface area contributed by atoms with E-state index in [1.165, 1.54) is 0 Å². The van der Waals surface area contributed by atoms with Crippen LogP contribution < -0.4 is 0 Å². The van der Waals surface area contributed by atoms with Crippen LogP contribution in [0.1, 0.15) is 25.8 Å². The molecule has 0 bridgehead atoms. The number of carbonyl (C=O) groups is 1. The van der Waals surface area contributed by atoms with Gasteiger partial charge in [-0.15, -0.1) is 0 Å². The van der Waals surface area contributed by atoms with Gasteiger partial charge in [-0.3, -0.25) is 19.3 Å². The summed E-state index contributed by atoms with van der Waals surface area (Å²) >= 11 is 0. The van der Waals surface area contributed by atoms with Gasteiger partial charge in [0.25, 0.3) is 0 Å². The van der Waals surface area contributed by atoms with Gasteiger partial charge in [-0.25, -0.2) is 0 Å². The third-order valence-corrected chi connectivity index (χ3v) is 5.25. The minimum atomic E-state index is -0.541. The van der Waals surface area contributed by atoms with E-state index < -0.39 is 5.54 Å². The highest BCUT2D eigenvalue weighted by Crippen LogP contribution is 2.34. The van der Waals surface area contributed by atoms with Crippen molar-refractivity contribution in [2.45, 2.75) is 38.4 Å². The van der Waals surface area contributed by atoms with Crippen molar-refractivity contribution < 1.29 is 4.79 Å². The van der Waals surface area contributed by atoms with E-state index >= 15 is 0 Å². The van der Waals surface area contributed by atoms with Crippen LogP contribution in [-0.4, -0.2) is 74.7 Å². The summed E-state index contributed by atoms with van der Waals surface area (Å²) in [6.07, 6.45) is 4.68. The van der Waals surface area contributed by atoms with Crippen molar-refractivity contribution in [3.8, 4) is 6.07 Å². The highest BCUT2D eigenvalue weighted by molar-refractivity contribution is 5.88. The summed E-state index contributed by atoms with van der Waals surface area (Å²) in [5.41, 5.74) is 0.617. The molecule has 1 atom stereocenters. The molecule has 0 aliphatic carbocycles. The Morgan fingerprint density at radius 2 is 2.17 bits per heavy atom. The number of aromatic nitrogens is 2. The Morgan fingerprint density at radius 1 is 1.38 bits per heavy atom. The largest absolute Gasteiger partial charge is 0.337 e. The van der Waals surface area contributed by atoms with Crippen molar-refractivity contribution >= 4 is 5.91 Å². The molecular weight excluding hydrogens is 304 g/mol. The third kappa shape index (κ3) is 2.92. The smallest absolute Gasteiger partial charge is 0.244 e. The molecule has 3 heterocycles. The molecule has 0 radical (unpaired) electrons. The summed E-state index contributed by atoms with van der Waals surface area (Å²) in [6, 6.07) is 2.44. The summed E-state index contributed by atoms with van der Waals surface area (Å²) in [7, 11) is 1.91. The van der Waals surface area contributed by atoms with Crippen LogP contribution in [0.4, 0.5) is 0 Å². The number of likely N-dealkylation sites (tertiary alicyclic amines) is 1. The lowest BCUT2D eigenvalue weighted by Gasteiger charge is -2.48. The van der Waals surface area contributed by atoms with Crippen molar-refractivity contribution in [1.82, 2.24) is 24.5 Å². The fourth-order valence-corrected chi connectivity index (χ4v) is 4.01. The van der Waals surface area contributed by atoms with Gasteiger partial charge in [0.2, 0.25) is 5.91 Å². The Bertz CT molecular complexity index is 648. The number of amides is 1. The molecule has 0 aromatic carbocycles. The van der Waals surface area contributed by atoms with Crippen molar-refractivity contribution in [3.63, 3.8) is 0 Å². The first-order valence-electron chi connectivity index (χ1n) is 8.59. The normalized spacial score (nSPS) is 25.8. The molecule has 1 aromatic heterocycles. The Balaban J connectivity index is 1.79. The van der Waals surface area contributed by atoms with Crippen molar-refractivity contribution in [3.05, 3.63) is 18.0 Å². The molecule has 0 saturated carbocycles. The summed E-state index contributed by atoms with van der Waals surface area (Å²) in [5, 5.41) is 13.4. The lowest BCUT2D eigenvalue weighted by atomic mass is 9.90. The predicted octanol–water partition coefficient (Wildman–Crippen LogP) is 0.441. The molecular formula is C17H26N6O. The van der Waals surface area contributed by atoms with E-state index in [0.29, 0.717) is 19.6 Å². The number of hydrogen-bond acceptors (Lipinski definition) is 5. The van der Waals surface area contributed by atoms with Gasteiger partial charge in [0, 0.05) is 57.6 Å². The molecule has 1 amide bonds. The Labute approximate surface area is 143 Å². The van der Waals surface area contributed by atoms with E-state index in [0.717, 1.165) is 31.6 Å². The second-order valence-electron chi connectivity index (χ2n) is 7.19. The zero-order valence-corrected chi connectivity index (χ0v) is 14.8. The monoisotopic (exact) mass is 330 g/mol. The van der Waals surface area contributed by atoms with Gasteiger partial charge in [-0.1, -0.05) is 0 Å². The van der Waals surface area contributed by atoms with Crippen molar-refractivity contribution in [2.24, 2.45) is 7.05 Å². The van der Waals surface area contributed by atoms with E-state index in [2.05, 4.69) is 34.8 Å². The molecule has 130 valence electrons. The zero-order chi connectivity index (χ0) is 17.3. The highest BCUT2D eigenvalue weighted by atomic mass is 16.2. The molecule has 2 aliphatic heterocycles. The van der Waals surface area contributed by atoms with E-state index in [9.17, 15) is 10.1 Å². The minimum absolute atomic E-state index is 0.188. The summed E-state index contributed by atoms with van der Waals surface area (Å²) in [4.78, 5) is 19.6. The number of rotatable bonds is 4. The number of aryl methyl sites for hydroxylation is 1. The first-order valence-corrected chi connectivity index (χ1v) is 8.59. The molecule has 0 N–H and O–H groups in total. The van der Waals surface area contributed by atoms with Crippen molar-refractivity contribution in [1.29, 1.82) is 5.26 Å². The van der Waals surface area contributed by atoms with E-state index in [4.69, 9.17) is 0 Å². The number of carbonyl (C=O) groups excluding carboxylic acids is 1. The quantitative estimate of drug-likeness (QED) is 0.750. The van der Waals surface area contributed by atoms with Crippen molar-refractivity contribution in [2.75, 3.05) is 32.7 Å². The molecule has 24 heavy (non-hydrogen) atoms. The van der Waals surface area contributed by atoms with Crippen LogP contribution >= 0.6 is 0 Å². The first-order chi connectivity index (χ1) is 11.5. The zero-order valence-electron chi connectivity index (χ0n) is 14.8. The molecule has 1 unspecified atom stereocenters. The van der Waals surface area contributed by atoms with Crippen LogP contribution in [0.15, 0.2) is 12.4 Å². The van der Waals surface area contributed by atoms with Gasteiger partial charge in [0.1, 0.15) is 5.54 Å². The predicted molar refractivity (Wildman–Crippen MR) is 89.9 cm³/mol. The maximum absolute atomic E-state index is 13.2. The van der Waals surface area contributed by atoms with Crippen LogP contribution in [0, 0.1) is 11.3 Å². The van der Waals surface area contributed by atoms with Crippen LogP contribution in [0.5, 0.6) is 0 Å². The molecule has 7 heteroatoms. The average molecular weight is 330 g/mol. The third-order valence-electron chi connectivity index (χ3n) is 5.25. The lowest BCUT2D eigenvalue weighted by molar-refractivity contribution is -0.152. The summed E-state index contributed by atoms with van der Waals surface area (Å²) in [6.45, 7) is 8.28. The fourth-order valence-electron chi connectivity index (χ4n) is 4.01. The van der Waals surface area contributed by atoms with E-state index in [1.807, 2.05) is 24.3 Å². The molecule has 1 spiro atoms. The van der Waals surface area contributed by atoms with E-state index in [-0.39, 0.29) is 11.9 Å². The van der Waals surface area contributed by atoms with E-state index in [1.54, 1.807) is 4.68 Å². The standard InChI is InChI=1S/C17H26N6O/c1-14(2)23-9-8-22(7-5-18)17(16(23)24)4-6-21(13-17)12-15-10-19-20(3)11-15/h10-11,14H,4,6-9,12-13H2,1-3H3. The molecule has 7 nitrogen and oxygen atoms in total. The Morgan fingerprint density at radius 3 is 2.79 bits per heavy atom. The number of hydrogen-bond donors (Lipinski definition) is 0. The second-order valence-corrected chi connectivity index (χ2v) is 7.19. The van der Waals surface area contributed by atoms with Crippen LogP contribution in [0.25, 0.3) is 0 Å². The second kappa shape index (κ2) is 6.54. The molecule has 3 rings (SSSR count). The lowest BCUT2D eigenvalue weighted by Crippen LogP contribution is -2.68. The average Bonchev–Trinajstić information content (AvgIpc) is 3.12. The maximum atomic E-state index is 13.2.